The maximum Gasteiger partial charge on any atom is 0.257 e. The lowest BCUT2D eigenvalue weighted by atomic mass is 10.1. The first kappa shape index (κ1) is 18.7. The number of hydrogen-bond acceptors (Lipinski definition) is 5. The van der Waals surface area contributed by atoms with Gasteiger partial charge in [0, 0.05) is 46.3 Å². The van der Waals surface area contributed by atoms with Gasteiger partial charge < -0.3 is 9.88 Å². The molecule has 5 aromatic rings. The van der Waals surface area contributed by atoms with Crippen LogP contribution in [0.25, 0.3) is 27.2 Å². The van der Waals surface area contributed by atoms with Gasteiger partial charge in [0.15, 0.2) is 0 Å². The molecule has 0 aliphatic heterocycles. The summed E-state index contributed by atoms with van der Waals surface area (Å²) in [6.45, 7) is 0. The normalized spacial score (nSPS) is 10.7. The van der Waals surface area contributed by atoms with Gasteiger partial charge in [0.25, 0.3) is 5.91 Å². The number of nitriles is 1. The maximum atomic E-state index is 12.3. The summed E-state index contributed by atoms with van der Waals surface area (Å²) in [5, 5.41) is 16.5. The summed E-state index contributed by atoms with van der Waals surface area (Å²) in [6.07, 6.45) is 4.92. The summed E-state index contributed by atoms with van der Waals surface area (Å²) >= 11 is 1.57. The van der Waals surface area contributed by atoms with Crippen LogP contribution in [0.5, 0.6) is 0 Å². The molecule has 0 atom stereocenters. The van der Waals surface area contributed by atoms with E-state index in [9.17, 15) is 10.1 Å². The molecule has 0 unspecified atom stereocenters. The van der Waals surface area contributed by atoms with E-state index in [1.807, 2.05) is 58.5 Å². The van der Waals surface area contributed by atoms with E-state index in [1.165, 1.54) is 6.20 Å². The highest BCUT2D eigenvalue weighted by Gasteiger charge is 2.15. The van der Waals surface area contributed by atoms with Gasteiger partial charge in [0.2, 0.25) is 0 Å². The lowest BCUT2D eigenvalue weighted by Crippen LogP contribution is -2.12. The average Bonchev–Trinajstić information content (AvgIpc) is 3.48. The molecule has 7 heteroatoms. The zero-order chi connectivity index (χ0) is 21.2. The van der Waals surface area contributed by atoms with E-state index in [0.29, 0.717) is 16.9 Å². The minimum atomic E-state index is -0.224. The molecule has 0 spiro atoms. The van der Waals surface area contributed by atoms with Gasteiger partial charge in [-0.25, -0.2) is 4.98 Å². The van der Waals surface area contributed by atoms with Gasteiger partial charge in [-0.15, -0.1) is 11.3 Å². The summed E-state index contributed by atoms with van der Waals surface area (Å²) in [5.41, 5.74) is 4.45. The molecule has 0 saturated carbocycles. The first-order valence-corrected chi connectivity index (χ1v) is 10.4. The van der Waals surface area contributed by atoms with Crippen molar-refractivity contribution in [1.82, 2.24) is 14.5 Å². The van der Waals surface area contributed by atoms with Crippen LogP contribution in [0.4, 0.5) is 5.69 Å². The zero-order valence-electron chi connectivity index (χ0n) is 16.2. The van der Waals surface area contributed by atoms with Gasteiger partial charge in [0.1, 0.15) is 16.8 Å². The first-order chi connectivity index (χ1) is 15.2. The maximum absolute atomic E-state index is 12.3. The van der Waals surface area contributed by atoms with Crippen molar-refractivity contribution in [3.05, 3.63) is 95.9 Å². The highest BCUT2D eigenvalue weighted by Crippen LogP contribution is 2.33. The van der Waals surface area contributed by atoms with Crippen molar-refractivity contribution < 1.29 is 4.79 Å². The lowest BCUT2D eigenvalue weighted by Gasteiger charge is -2.10. The molecule has 2 aromatic carbocycles. The van der Waals surface area contributed by atoms with Crippen molar-refractivity contribution in [1.29, 1.82) is 5.26 Å². The Morgan fingerprint density at radius 2 is 1.94 bits per heavy atom. The predicted molar refractivity (Wildman–Crippen MR) is 121 cm³/mol. The highest BCUT2D eigenvalue weighted by atomic mass is 32.1. The van der Waals surface area contributed by atoms with E-state index in [1.54, 1.807) is 35.9 Å². The van der Waals surface area contributed by atoms with Crippen LogP contribution >= 0.6 is 11.3 Å². The fourth-order valence-corrected chi connectivity index (χ4v) is 4.21. The van der Waals surface area contributed by atoms with Crippen LogP contribution in [0.15, 0.2) is 84.6 Å². The molecule has 0 radical (unpaired) electrons. The van der Waals surface area contributed by atoms with E-state index in [-0.39, 0.29) is 5.91 Å². The number of rotatable bonds is 4. The number of amides is 1. The third-order valence-electron chi connectivity index (χ3n) is 4.93. The Morgan fingerprint density at radius 1 is 1.06 bits per heavy atom. The van der Waals surface area contributed by atoms with E-state index in [4.69, 9.17) is 0 Å². The second kappa shape index (κ2) is 7.86. The average molecular weight is 421 g/mol. The molecule has 0 fully saturated rings. The number of thiazole rings is 1. The first-order valence-electron chi connectivity index (χ1n) is 9.51. The summed E-state index contributed by atoms with van der Waals surface area (Å²) in [4.78, 5) is 20.7. The van der Waals surface area contributed by atoms with Crippen LogP contribution in [0, 0.1) is 11.3 Å². The monoisotopic (exact) mass is 421 g/mol. The molecule has 148 valence electrons. The van der Waals surface area contributed by atoms with E-state index < -0.39 is 0 Å². The van der Waals surface area contributed by atoms with Crippen molar-refractivity contribution >= 4 is 33.8 Å². The van der Waals surface area contributed by atoms with Crippen LogP contribution in [0.3, 0.4) is 0 Å². The second-order valence-corrected chi connectivity index (χ2v) is 7.69. The van der Waals surface area contributed by atoms with Crippen LogP contribution in [-0.2, 0) is 0 Å². The Bertz CT molecular complexity index is 1420. The number of nitrogens with one attached hydrogen (secondary N) is 1. The standard InChI is InChI=1S/C24H15N5OS/c25-14-19-13-21-20(24-27-11-12-31-24)4-1-5-22(21)29(19)18-8-6-17(7-9-18)28-23(30)16-3-2-10-26-15-16/h1-13,15H,(H,28,30). The summed E-state index contributed by atoms with van der Waals surface area (Å²) in [7, 11) is 0. The third-order valence-corrected chi connectivity index (χ3v) is 5.74. The molecule has 5 rings (SSSR count). The van der Waals surface area contributed by atoms with Gasteiger partial charge in [-0.3, -0.25) is 9.78 Å². The molecule has 0 aliphatic rings. The fourth-order valence-electron chi connectivity index (χ4n) is 3.53. The highest BCUT2D eigenvalue weighted by molar-refractivity contribution is 7.13. The van der Waals surface area contributed by atoms with Crippen molar-refractivity contribution in [2.75, 3.05) is 5.32 Å². The summed E-state index contributed by atoms with van der Waals surface area (Å²) < 4.78 is 1.92. The van der Waals surface area contributed by atoms with Gasteiger partial charge in [-0.05, 0) is 48.5 Å². The number of pyridine rings is 1. The molecule has 1 amide bonds. The minimum absolute atomic E-state index is 0.224. The number of hydrogen-bond donors (Lipinski definition) is 1. The van der Waals surface area contributed by atoms with Gasteiger partial charge in [-0.1, -0.05) is 12.1 Å². The third kappa shape index (κ3) is 3.45. The Kier molecular flexibility index (Phi) is 4.75. The Labute approximate surface area is 182 Å². The summed E-state index contributed by atoms with van der Waals surface area (Å²) in [6, 6.07) is 21.0. The molecular weight excluding hydrogens is 406 g/mol. The van der Waals surface area contributed by atoms with Gasteiger partial charge in [-0.2, -0.15) is 5.26 Å². The predicted octanol–water partition coefficient (Wildman–Crippen LogP) is 5.27. The lowest BCUT2D eigenvalue weighted by molar-refractivity contribution is 0.102. The van der Waals surface area contributed by atoms with Crippen LogP contribution in [-0.4, -0.2) is 20.4 Å². The smallest absolute Gasteiger partial charge is 0.257 e. The largest absolute Gasteiger partial charge is 0.322 e. The van der Waals surface area contributed by atoms with Crippen molar-refractivity contribution in [2.45, 2.75) is 0 Å². The molecule has 0 aliphatic carbocycles. The SMILES string of the molecule is N#Cc1cc2c(-c3nccs3)cccc2n1-c1ccc(NC(=O)c2cccnc2)cc1. The van der Waals surface area contributed by atoms with Gasteiger partial charge >= 0.3 is 0 Å². The van der Waals surface area contributed by atoms with E-state index in [0.717, 1.165) is 27.2 Å². The van der Waals surface area contributed by atoms with Crippen molar-refractivity contribution in [3.63, 3.8) is 0 Å². The Balaban J connectivity index is 1.52. The molecule has 1 N–H and O–H groups in total. The van der Waals surface area contributed by atoms with E-state index >= 15 is 0 Å². The number of carbonyl (C=O) groups is 1. The van der Waals surface area contributed by atoms with Crippen molar-refractivity contribution in [3.8, 4) is 22.3 Å². The quantitative estimate of drug-likeness (QED) is 0.428. The van der Waals surface area contributed by atoms with Crippen LogP contribution in [0.2, 0.25) is 0 Å². The molecule has 0 bridgehead atoms. The molecule has 31 heavy (non-hydrogen) atoms. The zero-order valence-corrected chi connectivity index (χ0v) is 17.0. The Morgan fingerprint density at radius 3 is 2.65 bits per heavy atom. The molecule has 3 heterocycles. The number of aromatic nitrogens is 3. The topological polar surface area (TPSA) is 83.6 Å². The minimum Gasteiger partial charge on any atom is -0.322 e. The molecule has 0 saturated heterocycles. The van der Waals surface area contributed by atoms with Gasteiger partial charge in [0.05, 0.1) is 11.1 Å². The van der Waals surface area contributed by atoms with E-state index in [2.05, 4.69) is 21.4 Å². The number of nitrogens with zero attached hydrogens (tertiary/aromatic N) is 4. The Hall–Kier alpha value is -4.28. The van der Waals surface area contributed by atoms with Crippen molar-refractivity contribution in [2.24, 2.45) is 0 Å². The number of fused-ring (bicyclic) bond motifs is 1. The number of anilines is 1. The molecule has 3 aromatic heterocycles. The fraction of sp³-hybridized carbons (Fsp3) is 0. The summed E-state index contributed by atoms with van der Waals surface area (Å²) in [5.74, 6) is -0.224. The number of benzene rings is 2. The second-order valence-electron chi connectivity index (χ2n) is 6.80. The molecule has 6 nitrogen and oxygen atoms in total. The number of carbonyl (C=O) groups excluding carboxylic acids is 1. The van der Waals surface area contributed by atoms with Crippen LogP contribution in [0.1, 0.15) is 16.1 Å². The molecular formula is C24H15N5OS. The van der Waals surface area contributed by atoms with Crippen LogP contribution < -0.4 is 5.32 Å².